The van der Waals surface area contributed by atoms with Crippen LogP contribution >= 0.6 is 22.7 Å². The molecule has 7 heteroatoms. The Kier molecular flexibility index (Phi) is 5.30. The predicted molar refractivity (Wildman–Crippen MR) is 95.9 cm³/mol. The zero-order valence-corrected chi connectivity index (χ0v) is 15.1. The monoisotopic (exact) mass is 364 g/mol. The molecule has 0 saturated carbocycles. The fourth-order valence-electron chi connectivity index (χ4n) is 3.00. The lowest BCUT2D eigenvalue weighted by atomic mass is 9.93. The molecule has 0 saturated heterocycles. The molecule has 5 nitrogen and oxygen atoms in total. The number of thiazole rings is 1. The molecule has 2 heterocycles. The van der Waals surface area contributed by atoms with E-state index >= 15 is 0 Å². The van der Waals surface area contributed by atoms with E-state index in [0.717, 1.165) is 29.8 Å². The molecule has 0 spiro atoms. The number of aliphatic carboxylic acids is 1. The molecule has 0 fully saturated rings. The van der Waals surface area contributed by atoms with Crippen molar-refractivity contribution < 1.29 is 14.7 Å². The number of nitrogens with one attached hydrogen (secondary N) is 1. The van der Waals surface area contributed by atoms with Crippen molar-refractivity contribution in [2.24, 2.45) is 5.92 Å². The van der Waals surface area contributed by atoms with Crippen molar-refractivity contribution in [3.8, 4) is 0 Å². The largest absolute Gasteiger partial charge is 0.481 e. The van der Waals surface area contributed by atoms with E-state index in [1.165, 1.54) is 16.2 Å². The van der Waals surface area contributed by atoms with Crippen LogP contribution in [0.3, 0.4) is 0 Å². The first kappa shape index (κ1) is 17.1. The molecule has 0 bridgehead atoms. The highest BCUT2D eigenvalue weighted by molar-refractivity contribution is 7.15. The van der Waals surface area contributed by atoms with Gasteiger partial charge in [0.05, 0.1) is 12.1 Å². The lowest BCUT2D eigenvalue weighted by Crippen LogP contribution is -2.17. The molecule has 3 rings (SSSR count). The standard InChI is InChI=1S/C17H20N2O3S2/c1-10-4-5-12-14(7-10)24-17(18-12)19-15(20)8-11(9-16(21)22)13-3-2-6-23-13/h2-3,6,10-11H,4-5,7-9H2,1H3,(H,21,22)(H,18,19,20)/t10-,11+/m1/s1. The molecule has 128 valence electrons. The highest BCUT2D eigenvalue weighted by Crippen LogP contribution is 2.33. The van der Waals surface area contributed by atoms with Gasteiger partial charge >= 0.3 is 5.97 Å². The van der Waals surface area contributed by atoms with Crippen molar-refractivity contribution in [1.82, 2.24) is 4.98 Å². The van der Waals surface area contributed by atoms with Crippen molar-refractivity contribution in [3.05, 3.63) is 33.0 Å². The molecule has 24 heavy (non-hydrogen) atoms. The molecule has 1 amide bonds. The highest BCUT2D eigenvalue weighted by atomic mass is 32.1. The maximum Gasteiger partial charge on any atom is 0.304 e. The highest BCUT2D eigenvalue weighted by Gasteiger charge is 2.23. The quantitative estimate of drug-likeness (QED) is 0.814. The van der Waals surface area contributed by atoms with Crippen LogP contribution in [0.1, 0.15) is 47.6 Å². The van der Waals surface area contributed by atoms with Crippen LogP contribution in [0.15, 0.2) is 17.5 Å². The summed E-state index contributed by atoms with van der Waals surface area (Å²) in [5.74, 6) is -0.689. The van der Waals surface area contributed by atoms with Crippen LogP contribution in [0.2, 0.25) is 0 Å². The first-order chi connectivity index (χ1) is 11.5. The fraction of sp³-hybridized carbons (Fsp3) is 0.471. The summed E-state index contributed by atoms with van der Waals surface area (Å²) in [5, 5.41) is 14.5. The van der Waals surface area contributed by atoms with Crippen LogP contribution in [0.5, 0.6) is 0 Å². The van der Waals surface area contributed by atoms with E-state index in [-0.39, 0.29) is 24.7 Å². The zero-order valence-electron chi connectivity index (χ0n) is 13.4. The Morgan fingerprint density at radius 3 is 3.00 bits per heavy atom. The smallest absolute Gasteiger partial charge is 0.304 e. The number of aryl methyl sites for hydroxylation is 1. The second-order valence-corrected chi connectivity index (χ2v) is 8.36. The van der Waals surface area contributed by atoms with Gasteiger partial charge in [-0.05, 0) is 36.6 Å². The van der Waals surface area contributed by atoms with E-state index in [1.54, 1.807) is 11.3 Å². The van der Waals surface area contributed by atoms with E-state index in [4.69, 9.17) is 5.11 Å². The van der Waals surface area contributed by atoms with Gasteiger partial charge in [-0.3, -0.25) is 9.59 Å². The predicted octanol–water partition coefficient (Wildman–Crippen LogP) is 3.92. The summed E-state index contributed by atoms with van der Waals surface area (Å²) in [6.07, 6.45) is 3.26. The Hall–Kier alpha value is -1.73. The third-order valence-electron chi connectivity index (χ3n) is 4.23. The van der Waals surface area contributed by atoms with Gasteiger partial charge in [0.1, 0.15) is 0 Å². The van der Waals surface area contributed by atoms with Gasteiger partial charge in [-0.1, -0.05) is 13.0 Å². The van der Waals surface area contributed by atoms with E-state index < -0.39 is 5.97 Å². The van der Waals surface area contributed by atoms with Crippen LogP contribution in [0.4, 0.5) is 5.13 Å². The number of anilines is 1. The number of nitrogens with zero attached hydrogens (tertiary/aromatic N) is 1. The number of fused-ring (bicyclic) bond motifs is 1. The Labute approximate surface area is 148 Å². The second-order valence-electron chi connectivity index (χ2n) is 6.30. The first-order valence-electron chi connectivity index (χ1n) is 8.05. The second kappa shape index (κ2) is 7.44. The minimum Gasteiger partial charge on any atom is -0.481 e. The first-order valence-corrected chi connectivity index (χ1v) is 9.74. The molecular formula is C17H20N2O3S2. The van der Waals surface area contributed by atoms with Crippen molar-refractivity contribution in [1.29, 1.82) is 0 Å². The van der Waals surface area contributed by atoms with Crippen molar-refractivity contribution in [3.63, 3.8) is 0 Å². The number of thiophene rings is 1. The summed E-state index contributed by atoms with van der Waals surface area (Å²) >= 11 is 3.04. The van der Waals surface area contributed by atoms with Crippen LogP contribution in [-0.2, 0) is 22.4 Å². The van der Waals surface area contributed by atoms with E-state index in [2.05, 4.69) is 17.2 Å². The molecule has 2 aromatic heterocycles. The van der Waals surface area contributed by atoms with Gasteiger partial charge in [0.15, 0.2) is 5.13 Å². The molecule has 0 unspecified atom stereocenters. The van der Waals surface area contributed by atoms with Crippen molar-refractivity contribution >= 4 is 39.7 Å². The van der Waals surface area contributed by atoms with E-state index in [0.29, 0.717) is 11.0 Å². The van der Waals surface area contributed by atoms with Gasteiger partial charge in [-0.15, -0.1) is 22.7 Å². The lowest BCUT2D eigenvalue weighted by Gasteiger charge is -2.15. The minimum absolute atomic E-state index is 0.0418. The molecule has 0 radical (unpaired) electrons. The Balaban J connectivity index is 1.65. The molecule has 0 aliphatic heterocycles. The number of rotatable bonds is 6. The summed E-state index contributed by atoms with van der Waals surface area (Å²) in [4.78, 5) is 30.1. The summed E-state index contributed by atoms with van der Waals surface area (Å²) in [6.45, 7) is 2.23. The molecule has 0 aromatic carbocycles. The van der Waals surface area contributed by atoms with Crippen LogP contribution in [0.25, 0.3) is 0 Å². The third-order valence-corrected chi connectivity index (χ3v) is 6.30. The van der Waals surface area contributed by atoms with Gasteiger partial charge in [0.2, 0.25) is 5.91 Å². The number of carbonyl (C=O) groups excluding carboxylic acids is 1. The average molecular weight is 364 g/mol. The number of carbonyl (C=O) groups is 2. The SMILES string of the molecule is C[C@@H]1CCc2nc(NC(=O)C[C@@H](CC(=O)O)c3cccs3)sc2C1. The van der Waals surface area contributed by atoms with Gasteiger partial charge in [-0.25, -0.2) is 4.98 Å². The summed E-state index contributed by atoms with van der Waals surface area (Å²) in [7, 11) is 0. The van der Waals surface area contributed by atoms with Gasteiger partial charge in [0, 0.05) is 22.1 Å². The lowest BCUT2D eigenvalue weighted by molar-refractivity contribution is -0.137. The molecule has 1 aliphatic carbocycles. The van der Waals surface area contributed by atoms with Gasteiger partial charge < -0.3 is 10.4 Å². The Morgan fingerprint density at radius 2 is 2.29 bits per heavy atom. The number of amides is 1. The molecule has 2 aromatic rings. The fourth-order valence-corrected chi connectivity index (χ4v) is 5.01. The number of hydrogen-bond acceptors (Lipinski definition) is 5. The summed E-state index contributed by atoms with van der Waals surface area (Å²) < 4.78 is 0. The van der Waals surface area contributed by atoms with E-state index in [9.17, 15) is 9.59 Å². The number of carboxylic acids is 1. The molecule has 2 N–H and O–H groups in total. The van der Waals surface area contributed by atoms with Crippen molar-refractivity contribution in [2.45, 2.75) is 44.9 Å². The average Bonchev–Trinajstić information content (AvgIpc) is 3.14. The summed E-state index contributed by atoms with van der Waals surface area (Å²) in [5.41, 5.74) is 1.11. The van der Waals surface area contributed by atoms with E-state index in [1.807, 2.05) is 17.5 Å². The molecular weight excluding hydrogens is 344 g/mol. The number of aromatic nitrogens is 1. The summed E-state index contributed by atoms with van der Waals surface area (Å²) in [6, 6.07) is 3.76. The van der Waals surface area contributed by atoms with Gasteiger partial charge in [0.25, 0.3) is 0 Å². The normalized spacial score (nSPS) is 18.0. The Bertz CT molecular complexity index is 724. The maximum absolute atomic E-state index is 12.3. The van der Waals surface area contributed by atoms with Crippen LogP contribution < -0.4 is 5.32 Å². The third kappa shape index (κ3) is 4.21. The topological polar surface area (TPSA) is 79.3 Å². The minimum atomic E-state index is -0.889. The number of hydrogen-bond donors (Lipinski definition) is 2. The van der Waals surface area contributed by atoms with Gasteiger partial charge in [-0.2, -0.15) is 0 Å². The van der Waals surface area contributed by atoms with Crippen LogP contribution in [0, 0.1) is 5.92 Å². The Morgan fingerprint density at radius 1 is 1.46 bits per heavy atom. The van der Waals surface area contributed by atoms with Crippen molar-refractivity contribution in [2.75, 3.05) is 5.32 Å². The number of carboxylic acid groups (broad SMARTS) is 1. The molecule has 2 atom stereocenters. The molecule has 1 aliphatic rings. The van der Waals surface area contributed by atoms with Crippen LogP contribution in [-0.4, -0.2) is 22.0 Å². The zero-order chi connectivity index (χ0) is 17.1. The maximum atomic E-state index is 12.3.